The van der Waals surface area contributed by atoms with Crippen LogP contribution in [0.15, 0.2) is 60.7 Å². The molecule has 1 saturated heterocycles. The molecule has 0 radical (unpaired) electrons. The van der Waals surface area contributed by atoms with Gasteiger partial charge in [0.05, 0.1) is 6.54 Å². The summed E-state index contributed by atoms with van der Waals surface area (Å²) < 4.78 is 0. The number of hydrogen-bond donors (Lipinski definition) is 2. The SMILES string of the molecule is Cc1ccc(NC(=O)CN2CCC(C(=O)Nc3cccc4ccccc34)CC2)c(C)c1. The van der Waals surface area contributed by atoms with Crippen molar-refractivity contribution in [2.75, 3.05) is 30.3 Å². The minimum Gasteiger partial charge on any atom is -0.325 e. The first-order valence-electron chi connectivity index (χ1n) is 10.9. The van der Waals surface area contributed by atoms with Crippen molar-refractivity contribution in [3.05, 3.63) is 71.8 Å². The zero-order chi connectivity index (χ0) is 21.8. The lowest BCUT2D eigenvalue weighted by Crippen LogP contribution is -2.41. The summed E-state index contributed by atoms with van der Waals surface area (Å²) in [6, 6.07) is 20.0. The van der Waals surface area contributed by atoms with Gasteiger partial charge in [-0.3, -0.25) is 14.5 Å². The molecule has 3 aromatic carbocycles. The van der Waals surface area contributed by atoms with Crippen molar-refractivity contribution >= 4 is 34.0 Å². The molecule has 2 N–H and O–H groups in total. The van der Waals surface area contributed by atoms with Crippen molar-refractivity contribution < 1.29 is 9.59 Å². The highest BCUT2D eigenvalue weighted by atomic mass is 16.2. The molecule has 5 heteroatoms. The average molecular weight is 416 g/mol. The third-order valence-corrected chi connectivity index (χ3v) is 6.03. The van der Waals surface area contributed by atoms with E-state index < -0.39 is 0 Å². The van der Waals surface area contributed by atoms with E-state index in [9.17, 15) is 9.59 Å². The van der Waals surface area contributed by atoms with Crippen molar-refractivity contribution in [3.63, 3.8) is 0 Å². The van der Waals surface area contributed by atoms with Crippen molar-refractivity contribution in [3.8, 4) is 0 Å². The molecule has 0 unspecified atom stereocenters. The molecule has 0 aliphatic carbocycles. The smallest absolute Gasteiger partial charge is 0.238 e. The van der Waals surface area contributed by atoms with Crippen molar-refractivity contribution in [1.29, 1.82) is 0 Å². The summed E-state index contributed by atoms with van der Waals surface area (Å²) in [4.78, 5) is 27.4. The van der Waals surface area contributed by atoms with E-state index in [1.807, 2.05) is 68.4 Å². The summed E-state index contributed by atoms with van der Waals surface area (Å²) in [5.41, 5.74) is 3.97. The minimum atomic E-state index is -0.0300. The predicted octanol–water partition coefficient (Wildman–Crippen LogP) is 4.75. The fourth-order valence-electron chi connectivity index (χ4n) is 4.27. The van der Waals surface area contributed by atoms with Crippen LogP contribution in [0.4, 0.5) is 11.4 Å². The van der Waals surface area contributed by atoms with Crippen molar-refractivity contribution in [2.24, 2.45) is 5.92 Å². The number of carbonyl (C=O) groups excluding carboxylic acids is 2. The zero-order valence-corrected chi connectivity index (χ0v) is 18.2. The van der Waals surface area contributed by atoms with E-state index in [1.165, 1.54) is 5.56 Å². The number of hydrogen-bond acceptors (Lipinski definition) is 3. The van der Waals surface area contributed by atoms with E-state index in [-0.39, 0.29) is 17.7 Å². The second kappa shape index (κ2) is 9.31. The van der Waals surface area contributed by atoms with Crippen LogP contribution in [0.5, 0.6) is 0 Å². The number of fused-ring (bicyclic) bond motifs is 1. The van der Waals surface area contributed by atoms with Crippen molar-refractivity contribution in [1.82, 2.24) is 4.90 Å². The van der Waals surface area contributed by atoms with Gasteiger partial charge in [-0.05, 0) is 62.9 Å². The number of piperidine rings is 1. The molecule has 2 amide bonds. The van der Waals surface area contributed by atoms with Gasteiger partial charge in [0.2, 0.25) is 11.8 Å². The van der Waals surface area contributed by atoms with E-state index >= 15 is 0 Å². The van der Waals surface area contributed by atoms with Crippen LogP contribution in [0, 0.1) is 19.8 Å². The second-order valence-corrected chi connectivity index (χ2v) is 8.43. The quantitative estimate of drug-likeness (QED) is 0.632. The van der Waals surface area contributed by atoms with Gasteiger partial charge in [-0.1, -0.05) is 54.1 Å². The Labute approximate surface area is 183 Å². The van der Waals surface area contributed by atoms with E-state index in [4.69, 9.17) is 0 Å². The number of benzene rings is 3. The minimum absolute atomic E-state index is 0.00869. The topological polar surface area (TPSA) is 61.4 Å². The highest BCUT2D eigenvalue weighted by Gasteiger charge is 2.26. The monoisotopic (exact) mass is 415 g/mol. The van der Waals surface area contributed by atoms with E-state index in [1.54, 1.807) is 0 Å². The molecule has 160 valence electrons. The fourth-order valence-corrected chi connectivity index (χ4v) is 4.27. The van der Waals surface area contributed by atoms with Gasteiger partial charge in [0.15, 0.2) is 0 Å². The van der Waals surface area contributed by atoms with Crippen LogP contribution < -0.4 is 10.6 Å². The molecule has 5 nitrogen and oxygen atoms in total. The Hall–Kier alpha value is -3.18. The molecule has 4 rings (SSSR count). The van der Waals surface area contributed by atoms with Gasteiger partial charge in [0.1, 0.15) is 0 Å². The van der Waals surface area contributed by atoms with E-state index in [0.717, 1.165) is 53.6 Å². The maximum atomic E-state index is 12.8. The first-order chi connectivity index (χ1) is 15.0. The third kappa shape index (κ3) is 5.12. The van der Waals surface area contributed by atoms with Crippen molar-refractivity contribution in [2.45, 2.75) is 26.7 Å². The molecule has 1 aliphatic rings. The Balaban J connectivity index is 1.29. The zero-order valence-electron chi connectivity index (χ0n) is 18.2. The number of nitrogens with zero attached hydrogens (tertiary/aromatic N) is 1. The van der Waals surface area contributed by atoms with Crippen LogP contribution in [0.25, 0.3) is 10.8 Å². The Morgan fingerprint density at radius 2 is 1.65 bits per heavy atom. The number of rotatable bonds is 5. The van der Waals surface area contributed by atoms with Gasteiger partial charge < -0.3 is 10.6 Å². The van der Waals surface area contributed by atoms with Gasteiger partial charge in [0, 0.05) is 22.7 Å². The summed E-state index contributed by atoms with van der Waals surface area (Å²) >= 11 is 0. The predicted molar refractivity (Wildman–Crippen MR) is 126 cm³/mol. The van der Waals surface area contributed by atoms with Crippen LogP contribution in [-0.4, -0.2) is 36.3 Å². The van der Waals surface area contributed by atoms with Crippen LogP contribution in [0.1, 0.15) is 24.0 Å². The number of anilines is 2. The molecule has 31 heavy (non-hydrogen) atoms. The number of aryl methyl sites for hydroxylation is 2. The number of nitrogens with one attached hydrogen (secondary N) is 2. The summed E-state index contributed by atoms with van der Waals surface area (Å²) in [5.74, 6) is 0.0268. The Morgan fingerprint density at radius 3 is 2.42 bits per heavy atom. The fraction of sp³-hybridized carbons (Fsp3) is 0.308. The molecule has 0 bridgehead atoms. The maximum absolute atomic E-state index is 12.8. The van der Waals surface area contributed by atoms with Crippen LogP contribution >= 0.6 is 0 Å². The lowest BCUT2D eigenvalue weighted by molar-refractivity contribution is -0.121. The molecular formula is C26H29N3O2. The molecule has 0 spiro atoms. The van der Waals surface area contributed by atoms with Gasteiger partial charge >= 0.3 is 0 Å². The van der Waals surface area contributed by atoms with Gasteiger partial charge in [-0.25, -0.2) is 0 Å². The van der Waals surface area contributed by atoms with Gasteiger partial charge in [-0.15, -0.1) is 0 Å². The highest BCUT2D eigenvalue weighted by Crippen LogP contribution is 2.25. The number of amides is 2. The largest absolute Gasteiger partial charge is 0.325 e. The maximum Gasteiger partial charge on any atom is 0.238 e. The second-order valence-electron chi connectivity index (χ2n) is 8.43. The Bertz CT molecular complexity index is 1100. The van der Waals surface area contributed by atoms with Crippen LogP contribution in [-0.2, 0) is 9.59 Å². The molecule has 3 aromatic rings. The summed E-state index contributed by atoms with van der Waals surface area (Å²) in [6.45, 7) is 5.88. The first kappa shape index (κ1) is 21.1. The number of likely N-dealkylation sites (tertiary alicyclic amines) is 1. The Morgan fingerprint density at radius 1 is 0.903 bits per heavy atom. The third-order valence-electron chi connectivity index (χ3n) is 6.03. The number of carbonyl (C=O) groups is 2. The summed E-state index contributed by atoms with van der Waals surface area (Å²) in [5, 5.41) is 8.30. The van der Waals surface area contributed by atoms with Gasteiger partial charge in [-0.2, -0.15) is 0 Å². The van der Waals surface area contributed by atoms with E-state index in [0.29, 0.717) is 6.54 Å². The molecule has 0 aromatic heterocycles. The molecule has 0 atom stereocenters. The Kier molecular flexibility index (Phi) is 6.33. The lowest BCUT2D eigenvalue weighted by atomic mass is 9.95. The standard InChI is InChI=1S/C26H29N3O2/c1-18-10-11-23(19(2)16-18)27-25(30)17-29-14-12-21(13-15-29)26(31)28-24-9-5-7-20-6-3-4-8-22(20)24/h3-11,16,21H,12-15,17H2,1-2H3,(H,27,30)(H,28,31). The molecule has 1 aliphatic heterocycles. The molecule has 1 fully saturated rings. The highest BCUT2D eigenvalue weighted by molar-refractivity contribution is 6.02. The molecular weight excluding hydrogens is 386 g/mol. The lowest BCUT2D eigenvalue weighted by Gasteiger charge is -2.30. The van der Waals surface area contributed by atoms with Gasteiger partial charge in [0.25, 0.3) is 0 Å². The van der Waals surface area contributed by atoms with Crippen LogP contribution in [0.2, 0.25) is 0 Å². The molecule has 0 saturated carbocycles. The summed E-state index contributed by atoms with van der Waals surface area (Å²) in [6.07, 6.45) is 1.51. The average Bonchev–Trinajstić information content (AvgIpc) is 2.76. The first-order valence-corrected chi connectivity index (χ1v) is 10.9. The summed E-state index contributed by atoms with van der Waals surface area (Å²) in [7, 11) is 0. The normalized spacial score (nSPS) is 15.0. The van der Waals surface area contributed by atoms with E-state index in [2.05, 4.69) is 21.6 Å². The molecule has 1 heterocycles. The van der Waals surface area contributed by atoms with Crippen LogP contribution in [0.3, 0.4) is 0 Å².